The minimum Gasteiger partial charge on any atom is -0.345 e. The number of benzene rings is 1. The lowest BCUT2D eigenvalue weighted by atomic mass is 10.0. The van der Waals surface area contributed by atoms with Crippen LogP contribution in [0.1, 0.15) is 64.9 Å². The number of hydrogen-bond acceptors (Lipinski definition) is 3. The van der Waals surface area contributed by atoms with Gasteiger partial charge in [-0.05, 0) is 52.7 Å². The molecule has 3 aromatic rings. The second-order valence-corrected chi connectivity index (χ2v) is 7.10. The lowest BCUT2D eigenvalue weighted by molar-refractivity contribution is 0.0934. The largest absolute Gasteiger partial charge is 0.345 e. The van der Waals surface area contributed by atoms with E-state index in [1.165, 1.54) is 0 Å². The summed E-state index contributed by atoms with van der Waals surface area (Å²) >= 11 is 0. The first-order chi connectivity index (χ1) is 12.9. The third kappa shape index (κ3) is 3.46. The highest BCUT2D eigenvalue weighted by Crippen LogP contribution is 2.26. The summed E-state index contributed by atoms with van der Waals surface area (Å²) in [4.78, 5) is 17.7. The first-order valence-corrected chi connectivity index (χ1v) is 9.59. The number of fused-ring (bicyclic) bond motifs is 1. The lowest BCUT2D eigenvalue weighted by Gasteiger charge is -2.19. The topological polar surface area (TPSA) is 59.8 Å². The highest BCUT2D eigenvalue weighted by atomic mass is 16.1. The molecule has 0 saturated heterocycles. The SMILES string of the molecule is CCC(NC(=O)c1cc2cccc(C)c2nc1C)c1c(C)nn(CC)c1C. The molecular formula is C22H28N4O. The maximum Gasteiger partial charge on any atom is 0.253 e. The molecule has 1 amide bonds. The molecule has 1 N–H and O–H groups in total. The van der Waals surface area contributed by atoms with E-state index < -0.39 is 0 Å². The number of hydrogen-bond donors (Lipinski definition) is 1. The Morgan fingerprint density at radius 2 is 1.89 bits per heavy atom. The van der Waals surface area contributed by atoms with Crippen LogP contribution in [0.3, 0.4) is 0 Å². The first-order valence-electron chi connectivity index (χ1n) is 9.59. The molecule has 0 aliphatic rings. The van der Waals surface area contributed by atoms with E-state index in [0.29, 0.717) is 5.56 Å². The van der Waals surface area contributed by atoms with Crippen LogP contribution in [0, 0.1) is 27.7 Å². The van der Waals surface area contributed by atoms with Gasteiger partial charge < -0.3 is 5.32 Å². The zero-order valence-corrected chi connectivity index (χ0v) is 17.1. The van der Waals surface area contributed by atoms with Crippen LogP contribution in [0.25, 0.3) is 10.9 Å². The van der Waals surface area contributed by atoms with Gasteiger partial charge in [-0.2, -0.15) is 5.10 Å². The quantitative estimate of drug-likeness (QED) is 0.721. The van der Waals surface area contributed by atoms with Gasteiger partial charge in [-0.3, -0.25) is 14.5 Å². The first kappa shape index (κ1) is 19.1. The molecule has 1 aromatic carbocycles. The zero-order valence-electron chi connectivity index (χ0n) is 17.1. The number of aryl methyl sites for hydroxylation is 4. The van der Waals surface area contributed by atoms with Gasteiger partial charge in [0.15, 0.2) is 0 Å². The number of aromatic nitrogens is 3. The van der Waals surface area contributed by atoms with Crippen molar-refractivity contribution in [3.8, 4) is 0 Å². The van der Waals surface area contributed by atoms with Crippen LogP contribution in [0.15, 0.2) is 24.3 Å². The second kappa shape index (κ2) is 7.51. The van der Waals surface area contributed by atoms with Crippen LogP contribution in [0.2, 0.25) is 0 Å². The number of carbonyl (C=O) groups is 1. The number of para-hydroxylation sites is 1. The van der Waals surface area contributed by atoms with E-state index in [9.17, 15) is 4.79 Å². The van der Waals surface area contributed by atoms with Gasteiger partial charge in [-0.1, -0.05) is 25.1 Å². The van der Waals surface area contributed by atoms with Crippen LogP contribution in [-0.2, 0) is 6.54 Å². The van der Waals surface area contributed by atoms with Crippen molar-refractivity contribution in [2.45, 2.75) is 60.5 Å². The van der Waals surface area contributed by atoms with Gasteiger partial charge in [0.1, 0.15) is 0 Å². The Morgan fingerprint density at radius 1 is 1.15 bits per heavy atom. The molecule has 5 heteroatoms. The number of rotatable bonds is 5. The molecule has 1 unspecified atom stereocenters. The average molecular weight is 364 g/mol. The van der Waals surface area contributed by atoms with Crippen LogP contribution >= 0.6 is 0 Å². The standard InChI is InChI=1S/C22H28N4O/c1-7-19(20-15(5)25-26(8-2)16(20)6)24-22(27)18-12-17-11-9-10-13(3)21(17)23-14(18)4/h9-12,19H,7-8H2,1-6H3,(H,24,27). The van der Waals surface area contributed by atoms with E-state index >= 15 is 0 Å². The summed E-state index contributed by atoms with van der Waals surface area (Å²) < 4.78 is 1.99. The summed E-state index contributed by atoms with van der Waals surface area (Å²) in [6.45, 7) is 13.0. The van der Waals surface area contributed by atoms with Crippen molar-refractivity contribution in [1.29, 1.82) is 0 Å². The molecule has 0 aliphatic heterocycles. The minimum absolute atomic E-state index is 0.0644. The predicted octanol–water partition coefficient (Wildman–Crippen LogP) is 4.57. The third-order valence-corrected chi connectivity index (χ3v) is 5.28. The summed E-state index contributed by atoms with van der Waals surface area (Å²) in [7, 11) is 0. The molecule has 27 heavy (non-hydrogen) atoms. The normalized spacial score (nSPS) is 12.4. The molecule has 142 valence electrons. The summed E-state index contributed by atoms with van der Waals surface area (Å²) in [6.07, 6.45) is 0.808. The Morgan fingerprint density at radius 3 is 2.52 bits per heavy atom. The second-order valence-electron chi connectivity index (χ2n) is 7.10. The number of carbonyl (C=O) groups excluding carboxylic acids is 1. The Balaban J connectivity index is 1.95. The van der Waals surface area contributed by atoms with Crippen LogP contribution < -0.4 is 5.32 Å². The van der Waals surface area contributed by atoms with Gasteiger partial charge in [0.25, 0.3) is 5.91 Å². The maximum atomic E-state index is 13.1. The summed E-state index contributed by atoms with van der Waals surface area (Å²) in [5, 5.41) is 8.80. The van der Waals surface area contributed by atoms with Gasteiger partial charge in [-0.15, -0.1) is 0 Å². The Hall–Kier alpha value is -2.69. The fraction of sp³-hybridized carbons (Fsp3) is 0.409. The van der Waals surface area contributed by atoms with Crippen molar-refractivity contribution in [1.82, 2.24) is 20.1 Å². The van der Waals surface area contributed by atoms with E-state index in [0.717, 1.165) is 52.1 Å². The van der Waals surface area contributed by atoms with E-state index in [4.69, 9.17) is 0 Å². The maximum absolute atomic E-state index is 13.1. The number of amides is 1. The molecule has 0 aliphatic carbocycles. The monoisotopic (exact) mass is 364 g/mol. The number of pyridine rings is 1. The van der Waals surface area contributed by atoms with Crippen molar-refractivity contribution in [2.75, 3.05) is 0 Å². The molecule has 0 bridgehead atoms. The van der Waals surface area contributed by atoms with Crippen molar-refractivity contribution >= 4 is 16.8 Å². The minimum atomic E-state index is -0.0849. The van der Waals surface area contributed by atoms with Crippen LogP contribution in [0.4, 0.5) is 0 Å². The van der Waals surface area contributed by atoms with Gasteiger partial charge in [0, 0.05) is 23.2 Å². The van der Waals surface area contributed by atoms with Crippen molar-refractivity contribution in [3.05, 3.63) is 58.0 Å². The van der Waals surface area contributed by atoms with E-state index in [-0.39, 0.29) is 11.9 Å². The molecular weight excluding hydrogens is 336 g/mol. The van der Waals surface area contributed by atoms with Gasteiger partial charge >= 0.3 is 0 Å². The fourth-order valence-electron chi connectivity index (χ4n) is 3.81. The summed E-state index contributed by atoms with van der Waals surface area (Å²) in [5.74, 6) is -0.0849. The highest BCUT2D eigenvalue weighted by Gasteiger charge is 2.22. The lowest BCUT2D eigenvalue weighted by Crippen LogP contribution is -2.29. The smallest absolute Gasteiger partial charge is 0.253 e. The molecule has 1 atom stereocenters. The van der Waals surface area contributed by atoms with Crippen LogP contribution in [0.5, 0.6) is 0 Å². The van der Waals surface area contributed by atoms with E-state index in [1.807, 2.05) is 49.7 Å². The van der Waals surface area contributed by atoms with Gasteiger partial charge in [0.05, 0.1) is 28.5 Å². The third-order valence-electron chi connectivity index (χ3n) is 5.28. The molecule has 0 saturated carbocycles. The van der Waals surface area contributed by atoms with Crippen LogP contribution in [-0.4, -0.2) is 20.7 Å². The summed E-state index contributed by atoms with van der Waals surface area (Å²) in [6, 6.07) is 7.92. The Bertz CT molecular complexity index is 1000. The summed E-state index contributed by atoms with van der Waals surface area (Å²) in [5.41, 5.74) is 6.67. The van der Waals surface area contributed by atoms with Gasteiger partial charge in [-0.25, -0.2) is 0 Å². The van der Waals surface area contributed by atoms with E-state index in [2.05, 4.69) is 36.2 Å². The highest BCUT2D eigenvalue weighted by molar-refractivity contribution is 5.99. The van der Waals surface area contributed by atoms with E-state index in [1.54, 1.807) is 0 Å². The molecule has 0 radical (unpaired) electrons. The number of nitrogens with zero attached hydrogens (tertiary/aromatic N) is 3. The molecule has 2 aromatic heterocycles. The molecule has 3 rings (SSSR count). The fourth-order valence-corrected chi connectivity index (χ4v) is 3.81. The average Bonchev–Trinajstić information content (AvgIpc) is 2.93. The molecule has 0 spiro atoms. The number of nitrogens with one attached hydrogen (secondary N) is 1. The molecule has 2 heterocycles. The van der Waals surface area contributed by atoms with Crippen molar-refractivity contribution in [3.63, 3.8) is 0 Å². The van der Waals surface area contributed by atoms with Crippen molar-refractivity contribution < 1.29 is 4.79 Å². The van der Waals surface area contributed by atoms with Crippen molar-refractivity contribution in [2.24, 2.45) is 0 Å². The van der Waals surface area contributed by atoms with Gasteiger partial charge in [0.2, 0.25) is 0 Å². The molecule has 0 fully saturated rings. The Kier molecular flexibility index (Phi) is 5.31. The molecule has 5 nitrogen and oxygen atoms in total. The predicted molar refractivity (Wildman–Crippen MR) is 109 cm³/mol. The Labute approximate surface area is 160 Å². The zero-order chi connectivity index (χ0) is 19.7.